The van der Waals surface area contributed by atoms with Crippen LogP contribution in [0.5, 0.6) is 0 Å². The second kappa shape index (κ2) is 7.98. The molecule has 0 bridgehead atoms. The van der Waals surface area contributed by atoms with Crippen molar-refractivity contribution in [2.24, 2.45) is 0 Å². The number of nitrogens with zero attached hydrogens (tertiary/aromatic N) is 4. The van der Waals surface area contributed by atoms with E-state index in [0.717, 1.165) is 61.8 Å². The monoisotopic (exact) mass is 460 g/mol. The van der Waals surface area contributed by atoms with Gasteiger partial charge in [-0.2, -0.15) is 4.98 Å². The van der Waals surface area contributed by atoms with Gasteiger partial charge in [0.2, 0.25) is 16.0 Å². The molecule has 0 saturated heterocycles. The smallest absolute Gasteiger partial charge is 0.270 e. The second-order valence-corrected chi connectivity index (χ2v) is 11.6. The molecule has 3 aliphatic rings. The van der Waals surface area contributed by atoms with Gasteiger partial charge in [0.1, 0.15) is 11.3 Å². The summed E-state index contributed by atoms with van der Waals surface area (Å²) in [6.07, 6.45) is 12.0. The van der Waals surface area contributed by atoms with E-state index in [2.05, 4.69) is 19.6 Å². The van der Waals surface area contributed by atoms with Crippen molar-refractivity contribution >= 4 is 32.9 Å². The Balaban J connectivity index is 1.40. The fourth-order valence-corrected chi connectivity index (χ4v) is 6.75. The number of nitrogens with one attached hydrogen (secondary N) is 2. The molecule has 10 heteroatoms. The van der Waals surface area contributed by atoms with Gasteiger partial charge in [0.15, 0.2) is 0 Å². The predicted molar refractivity (Wildman–Crippen MR) is 123 cm³/mol. The Bertz CT molecular complexity index is 1130. The van der Waals surface area contributed by atoms with E-state index in [9.17, 15) is 13.2 Å². The molecule has 2 aromatic rings. The number of anilines is 1. The molecular weight excluding hydrogens is 428 g/mol. The lowest BCUT2D eigenvalue weighted by atomic mass is 9.79. The summed E-state index contributed by atoms with van der Waals surface area (Å²) in [6, 6.07) is 2.14. The summed E-state index contributed by atoms with van der Waals surface area (Å²) in [4.78, 5) is 24.2. The lowest BCUT2D eigenvalue weighted by Crippen LogP contribution is -2.53. The Morgan fingerprint density at radius 3 is 2.47 bits per heavy atom. The molecule has 0 atom stereocenters. The molecule has 1 spiro atoms. The first kappa shape index (κ1) is 21.6. The highest BCUT2D eigenvalue weighted by atomic mass is 32.2. The Kier molecular flexibility index (Phi) is 5.40. The van der Waals surface area contributed by atoms with Crippen molar-refractivity contribution in [3.8, 4) is 0 Å². The zero-order valence-electron chi connectivity index (χ0n) is 18.8. The number of sulfonamides is 1. The molecule has 1 amide bonds. The summed E-state index contributed by atoms with van der Waals surface area (Å²) in [7, 11) is -1.28. The van der Waals surface area contributed by atoms with E-state index < -0.39 is 10.0 Å². The lowest BCUT2D eigenvalue weighted by molar-refractivity contribution is 0.0543. The number of hydrogen-bond donors (Lipinski definition) is 2. The van der Waals surface area contributed by atoms with Crippen LogP contribution in [0.25, 0.3) is 11.0 Å². The van der Waals surface area contributed by atoms with E-state index in [1.165, 1.54) is 25.5 Å². The van der Waals surface area contributed by atoms with Crippen LogP contribution in [-0.4, -0.2) is 65.7 Å². The van der Waals surface area contributed by atoms with Crippen molar-refractivity contribution in [3.63, 3.8) is 0 Å². The van der Waals surface area contributed by atoms with Crippen molar-refractivity contribution in [3.05, 3.63) is 18.0 Å². The fraction of sp³-hybridized carbons (Fsp3) is 0.682. The van der Waals surface area contributed by atoms with E-state index in [-0.39, 0.29) is 23.5 Å². The van der Waals surface area contributed by atoms with Gasteiger partial charge < -0.3 is 14.8 Å². The minimum atomic E-state index is -3.18. The van der Waals surface area contributed by atoms with E-state index in [1.54, 1.807) is 0 Å². The van der Waals surface area contributed by atoms with E-state index >= 15 is 0 Å². The number of aromatic nitrogens is 3. The van der Waals surface area contributed by atoms with Crippen LogP contribution >= 0.6 is 0 Å². The Morgan fingerprint density at radius 2 is 1.78 bits per heavy atom. The largest absolute Gasteiger partial charge is 0.351 e. The maximum absolute atomic E-state index is 12.9. The molecule has 2 N–H and O–H groups in total. The SMILES string of the molecule is CN1CC2(CCCCC2)n2c(cc3cnc(NC4CCC(NS(C)(=O)=O)CC4)nc32)C1=O. The highest BCUT2D eigenvalue weighted by Crippen LogP contribution is 2.42. The van der Waals surface area contributed by atoms with Gasteiger partial charge in [-0.15, -0.1) is 0 Å². The van der Waals surface area contributed by atoms with Crippen molar-refractivity contribution in [2.75, 3.05) is 25.2 Å². The third-order valence-corrected chi connectivity index (χ3v) is 8.10. The van der Waals surface area contributed by atoms with Gasteiger partial charge >= 0.3 is 0 Å². The van der Waals surface area contributed by atoms with Gasteiger partial charge in [-0.05, 0) is 44.6 Å². The molecule has 2 fully saturated rings. The van der Waals surface area contributed by atoms with Crippen LogP contribution in [-0.2, 0) is 15.6 Å². The van der Waals surface area contributed by atoms with Crippen LogP contribution in [0.4, 0.5) is 5.95 Å². The summed E-state index contributed by atoms with van der Waals surface area (Å²) in [5.41, 5.74) is 1.47. The van der Waals surface area contributed by atoms with Crippen LogP contribution in [0.15, 0.2) is 12.3 Å². The highest BCUT2D eigenvalue weighted by Gasteiger charge is 2.43. The topological polar surface area (TPSA) is 109 Å². The average molecular weight is 461 g/mol. The second-order valence-electron chi connectivity index (χ2n) is 9.87. The van der Waals surface area contributed by atoms with Gasteiger partial charge in [0.25, 0.3) is 5.91 Å². The van der Waals surface area contributed by atoms with Gasteiger partial charge in [0, 0.05) is 37.3 Å². The molecule has 2 aromatic heterocycles. The minimum Gasteiger partial charge on any atom is -0.351 e. The van der Waals surface area contributed by atoms with Crippen molar-refractivity contribution in [1.82, 2.24) is 24.2 Å². The lowest BCUT2D eigenvalue weighted by Gasteiger charge is -2.45. The van der Waals surface area contributed by atoms with Gasteiger partial charge in [-0.25, -0.2) is 18.1 Å². The maximum Gasteiger partial charge on any atom is 0.270 e. The molecule has 3 heterocycles. The van der Waals surface area contributed by atoms with Crippen LogP contribution in [0.2, 0.25) is 0 Å². The molecule has 174 valence electrons. The molecule has 2 saturated carbocycles. The molecule has 0 aromatic carbocycles. The normalized spacial score (nSPS) is 25.8. The number of carbonyl (C=O) groups excluding carboxylic acids is 1. The third-order valence-electron chi connectivity index (χ3n) is 7.34. The van der Waals surface area contributed by atoms with Gasteiger partial charge in [0.05, 0.1) is 11.8 Å². The summed E-state index contributed by atoms with van der Waals surface area (Å²) in [5.74, 6) is 0.626. The summed E-state index contributed by atoms with van der Waals surface area (Å²) < 4.78 is 27.9. The number of likely N-dealkylation sites (N-methyl/N-ethyl adjacent to an activating group) is 1. The zero-order chi connectivity index (χ0) is 22.5. The average Bonchev–Trinajstić information content (AvgIpc) is 3.13. The van der Waals surface area contributed by atoms with Crippen LogP contribution < -0.4 is 10.0 Å². The standard InChI is InChI=1S/C22H32N6O3S/c1-27-14-22(10-4-3-5-11-22)28-18(20(27)29)12-15-13-23-21(25-19(15)28)24-16-6-8-17(9-7-16)26-32(2,30)31/h12-13,16-17,26H,3-11,14H2,1-2H3,(H,23,24,25). The maximum atomic E-state index is 12.9. The van der Waals surface area contributed by atoms with E-state index in [1.807, 2.05) is 24.2 Å². The van der Waals surface area contributed by atoms with Crippen molar-refractivity contribution in [2.45, 2.75) is 75.4 Å². The first-order valence-corrected chi connectivity index (χ1v) is 13.5. The van der Waals surface area contributed by atoms with Crippen molar-refractivity contribution in [1.29, 1.82) is 0 Å². The molecule has 5 rings (SSSR count). The van der Waals surface area contributed by atoms with Gasteiger partial charge in [-0.3, -0.25) is 4.79 Å². The third kappa shape index (κ3) is 3.98. The van der Waals surface area contributed by atoms with Crippen LogP contribution in [0.1, 0.15) is 68.3 Å². The first-order chi connectivity index (χ1) is 15.2. The van der Waals surface area contributed by atoms with Gasteiger partial charge in [-0.1, -0.05) is 19.3 Å². The molecule has 9 nitrogen and oxygen atoms in total. The summed E-state index contributed by atoms with van der Waals surface area (Å²) >= 11 is 0. The van der Waals surface area contributed by atoms with E-state index in [4.69, 9.17) is 4.98 Å². The van der Waals surface area contributed by atoms with Crippen LogP contribution in [0, 0.1) is 0 Å². The number of carbonyl (C=O) groups is 1. The number of rotatable bonds is 4. The zero-order valence-corrected chi connectivity index (χ0v) is 19.6. The quantitative estimate of drug-likeness (QED) is 0.725. The van der Waals surface area contributed by atoms with E-state index in [0.29, 0.717) is 5.95 Å². The fourth-order valence-electron chi connectivity index (χ4n) is 5.91. The number of amides is 1. The van der Waals surface area contributed by atoms with Crippen molar-refractivity contribution < 1.29 is 13.2 Å². The molecule has 0 radical (unpaired) electrons. The molecule has 2 aliphatic carbocycles. The highest BCUT2D eigenvalue weighted by molar-refractivity contribution is 7.88. The minimum absolute atomic E-state index is 0.00161. The predicted octanol–water partition coefficient (Wildman–Crippen LogP) is 2.45. The number of hydrogen-bond acceptors (Lipinski definition) is 6. The van der Waals surface area contributed by atoms with Crippen LogP contribution in [0.3, 0.4) is 0 Å². The molecule has 1 aliphatic heterocycles. The Morgan fingerprint density at radius 1 is 1.09 bits per heavy atom. The Labute approximate surface area is 189 Å². The number of fused-ring (bicyclic) bond motifs is 4. The molecule has 0 unspecified atom stereocenters. The Hall–Kier alpha value is -2.20. The first-order valence-electron chi connectivity index (χ1n) is 11.6. The summed E-state index contributed by atoms with van der Waals surface area (Å²) in [5, 5.41) is 4.36. The molecule has 32 heavy (non-hydrogen) atoms. The summed E-state index contributed by atoms with van der Waals surface area (Å²) in [6.45, 7) is 0.729. The molecular formula is C22H32N6O3S.